The summed E-state index contributed by atoms with van der Waals surface area (Å²) in [5, 5.41) is 5.26. The first-order chi connectivity index (χ1) is 16.1. The van der Waals surface area contributed by atoms with Gasteiger partial charge in [0, 0.05) is 43.0 Å². The average Bonchev–Trinajstić information content (AvgIpc) is 3.25. The van der Waals surface area contributed by atoms with Crippen LogP contribution in [0.3, 0.4) is 0 Å². The summed E-state index contributed by atoms with van der Waals surface area (Å²) in [6.45, 7) is 2.96. The third-order valence-corrected chi connectivity index (χ3v) is 6.33. The first-order valence-electron chi connectivity index (χ1n) is 11.2. The van der Waals surface area contributed by atoms with Gasteiger partial charge in [0.25, 0.3) is 0 Å². The van der Waals surface area contributed by atoms with Crippen molar-refractivity contribution in [2.24, 2.45) is 5.92 Å². The highest BCUT2D eigenvalue weighted by atomic mass is 16.2. The van der Waals surface area contributed by atoms with Gasteiger partial charge in [-0.25, -0.2) is 0 Å². The maximum absolute atomic E-state index is 12.7. The summed E-state index contributed by atoms with van der Waals surface area (Å²) in [5.74, 6) is -0.435. The van der Waals surface area contributed by atoms with Crippen LogP contribution in [-0.2, 0) is 16.1 Å². The molecule has 1 fully saturated rings. The van der Waals surface area contributed by atoms with E-state index in [4.69, 9.17) is 0 Å². The van der Waals surface area contributed by atoms with Gasteiger partial charge in [-0.3, -0.25) is 14.6 Å². The maximum atomic E-state index is 12.7. The number of anilines is 1. The van der Waals surface area contributed by atoms with Crippen LogP contribution in [0.1, 0.15) is 17.5 Å². The number of aryl methyl sites for hydroxylation is 1. The predicted octanol–water partition coefficient (Wildman–Crippen LogP) is 4.88. The van der Waals surface area contributed by atoms with E-state index in [1.54, 1.807) is 4.90 Å². The van der Waals surface area contributed by atoms with Crippen molar-refractivity contribution < 1.29 is 9.59 Å². The van der Waals surface area contributed by atoms with Crippen LogP contribution in [0.2, 0.25) is 0 Å². The fourth-order valence-corrected chi connectivity index (χ4v) is 4.47. The molecule has 1 aliphatic heterocycles. The molecule has 0 spiro atoms. The van der Waals surface area contributed by atoms with E-state index in [-0.39, 0.29) is 24.2 Å². The standard InChI is InChI=1S/C28H25N3O2/c1-19-7-12-24(25-13-14-29-17-26(19)25)21-8-10-23(11-9-21)31-18-22(15-27(31)32)28(33)30-16-20-5-3-2-4-6-20/h2-14,17,22H,15-16,18H2,1H3,(H,30,33). The normalized spacial score (nSPS) is 15.7. The van der Waals surface area contributed by atoms with E-state index in [1.165, 1.54) is 5.56 Å². The van der Waals surface area contributed by atoms with E-state index in [9.17, 15) is 9.59 Å². The van der Waals surface area contributed by atoms with Gasteiger partial charge in [0.15, 0.2) is 0 Å². The van der Waals surface area contributed by atoms with Crippen LogP contribution in [0.5, 0.6) is 0 Å². The molecular weight excluding hydrogens is 410 g/mol. The highest BCUT2D eigenvalue weighted by Crippen LogP contribution is 2.32. The van der Waals surface area contributed by atoms with Crippen LogP contribution >= 0.6 is 0 Å². The lowest BCUT2D eigenvalue weighted by molar-refractivity contribution is -0.126. The number of carbonyl (C=O) groups is 2. The molecule has 2 heterocycles. The van der Waals surface area contributed by atoms with Gasteiger partial charge in [-0.05, 0) is 52.8 Å². The second-order valence-electron chi connectivity index (χ2n) is 8.51. The Kier molecular flexibility index (Phi) is 5.61. The summed E-state index contributed by atoms with van der Waals surface area (Å²) in [5.41, 5.74) is 5.27. The SMILES string of the molecule is Cc1ccc(-c2ccc(N3CC(C(=O)NCc4ccccc4)CC3=O)cc2)c2ccncc12. The summed E-state index contributed by atoms with van der Waals surface area (Å²) >= 11 is 0. The molecule has 2 amide bonds. The van der Waals surface area contributed by atoms with Gasteiger partial charge in [0.1, 0.15) is 0 Å². The molecule has 0 aliphatic carbocycles. The monoisotopic (exact) mass is 435 g/mol. The Labute approximate surface area is 193 Å². The second-order valence-corrected chi connectivity index (χ2v) is 8.51. The summed E-state index contributed by atoms with van der Waals surface area (Å²) in [6.07, 6.45) is 3.94. The Morgan fingerprint density at radius 1 is 1.00 bits per heavy atom. The van der Waals surface area contributed by atoms with Crippen LogP contribution in [0.4, 0.5) is 5.69 Å². The zero-order valence-electron chi connectivity index (χ0n) is 18.5. The Hall–Kier alpha value is -3.99. The van der Waals surface area contributed by atoms with E-state index in [1.807, 2.05) is 73.1 Å². The number of pyridine rings is 1. The van der Waals surface area contributed by atoms with Crippen LogP contribution in [0.25, 0.3) is 21.9 Å². The zero-order valence-corrected chi connectivity index (χ0v) is 18.5. The Morgan fingerprint density at radius 2 is 1.79 bits per heavy atom. The zero-order chi connectivity index (χ0) is 22.8. The Morgan fingerprint density at radius 3 is 2.58 bits per heavy atom. The van der Waals surface area contributed by atoms with Gasteiger partial charge in [0.2, 0.25) is 11.8 Å². The first-order valence-corrected chi connectivity index (χ1v) is 11.2. The number of nitrogens with one attached hydrogen (secondary N) is 1. The number of aromatic nitrogens is 1. The van der Waals surface area contributed by atoms with E-state index >= 15 is 0 Å². The molecule has 0 bridgehead atoms. The lowest BCUT2D eigenvalue weighted by Crippen LogP contribution is -2.32. The molecule has 5 heteroatoms. The molecule has 1 aliphatic rings. The molecule has 1 aromatic heterocycles. The van der Waals surface area contributed by atoms with Crippen molar-refractivity contribution in [3.63, 3.8) is 0 Å². The van der Waals surface area contributed by atoms with E-state index < -0.39 is 0 Å². The minimum absolute atomic E-state index is 0.0190. The molecule has 0 radical (unpaired) electrons. The summed E-state index contributed by atoms with van der Waals surface area (Å²) in [7, 11) is 0. The van der Waals surface area contributed by atoms with E-state index in [0.29, 0.717) is 13.1 Å². The summed E-state index contributed by atoms with van der Waals surface area (Å²) in [6, 6.07) is 24.1. The second kappa shape index (κ2) is 8.87. The number of rotatable bonds is 5. The Bertz CT molecular complexity index is 1320. The topological polar surface area (TPSA) is 62.3 Å². The van der Waals surface area contributed by atoms with Gasteiger partial charge in [0.05, 0.1) is 5.92 Å². The minimum Gasteiger partial charge on any atom is -0.352 e. The molecule has 5 rings (SSSR count). The lowest BCUT2D eigenvalue weighted by Gasteiger charge is -2.18. The van der Waals surface area contributed by atoms with Crippen LogP contribution < -0.4 is 10.2 Å². The highest BCUT2D eigenvalue weighted by Gasteiger charge is 2.35. The molecule has 1 atom stereocenters. The molecular formula is C28H25N3O2. The van der Waals surface area contributed by atoms with Crippen molar-refractivity contribution in [2.75, 3.05) is 11.4 Å². The van der Waals surface area contributed by atoms with Crippen LogP contribution in [0, 0.1) is 12.8 Å². The van der Waals surface area contributed by atoms with Gasteiger partial charge < -0.3 is 10.2 Å². The lowest BCUT2D eigenvalue weighted by atomic mass is 9.96. The third kappa shape index (κ3) is 4.22. The van der Waals surface area contributed by atoms with Crippen molar-refractivity contribution >= 4 is 28.3 Å². The van der Waals surface area contributed by atoms with Gasteiger partial charge in [-0.2, -0.15) is 0 Å². The third-order valence-electron chi connectivity index (χ3n) is 6.33. The van der Waals surface area contributed by atoms with Gasteiger partial charge >= 0.3 is 0 Å². The van der Waals surface area contributed by atoms with Gasteiger partial charge in [-0.1, -0.05) is 54.6 Å². The number of fused-ring (bicyclic) bond motifs is 1. The van der Waals surface area contributed by atoms with Crippen molar-refractivity contribution in [3.8, 4) is 11.1 Å². The molecule has 3 aromatic carbocycles. The molecule has 1 saturated heterocycles. The molecule has 1 N–H and O–H groups in total. The number of hydrogen-bond acceptors (Lipinski definition) is 3. The van der Waals surface area contributed by atoms with Crippen LogP contribution in [-0.4, -0.2) is 23.3 Å². The quantitative estimate of drug-likeness (QED) is 0.486. The molecule has 1 unspecified atom stereocenters. The highest BCUT2D eigenvalue weighted by molar-refractivity contribution is 6.01. The fourth-order valence-electron chi connectivity index (χ4n) is 4.47. The molecule has 164 valence electrons. The average molecular weight is 436 g/mol. The fraction of sp³-hybridized carbons (Fsp3) is 0.179. The number of amides is 2. The molecule has 0 saturated carbocycles. The summed E-state index contributed by atoms with van der Waals surface area (Å²) < 4.78 is 0. The first kappa shape index (κ1) is 20.9. The number of benzene rings is 3. The largest absolute Gasteiger partial charge is 0.352 e. The number of nitrogens with zero attached hydrogens (tertiary/aromatic N) is 2. The van der Waals surface area contributed by atoms with Crippen molar-refractivity contribution in [1.29, 1.82) is 0 Å². The summed E-state index contributed by atoms with van der Waals surface area (Å²) in [4.78, 5) is 31.3. The Balaban J connectivity index is 1.30. The molecule has 5 nitrogen and oxygen atoms in total. The van der Waals surface area contributed by atoms with Crippen molar-refractivity contribution in [1.82, 2.24) is 10.3 Å². The predicted molar refractivity (Wildman–Crippen MR) is 131 cm³/mol. The number of carbonyl (C=O) groups excluding carboxylic acids is 2. The van der Waals surface area contributed by atoms with Gasteiger partial charge in [-0.15, -0.1) is 0 Å². The van der Waals surface area contributed by atoms with Crippen molar-refractivity contribution in [2.45, 2.75) is 19.9 Å². The van der Waals surface area contributed by atoms with E-state index in [2.05, 4.69) is 29.4 Å². The minimum atomic E-state index is -0.338. The molecule has 4 aromatic rings. The maximum Gasteiger partial charge on any atom is 0.227 e. The number of hydrogen-bond donors (Lipinski definition) is 1. The van der Waals surface area contributed by atoms with Crippen molar-refractivity contribution in [3.05, 3.63) is 96.3 Å². The van der Waals surface area contributed by atoms with Crippen LogP contribution in [0.15, 0.2) is 85.2 Å². The molecule has 33 heavy (non-hydrogen) atoms. The smallest absolute Gasteiger partial charge is 0.227 e. The van der Waals surface area contributed by atoms with E-state index in [0.717, 1.165) is 33.2 Å².